The molecule has 1 aliphatic rings. The van der Waals surface area contributed by atoms with Gasteiger partial charge in [-0.25, -0.2) is 0 Å². The average Bonchev–Trinajstić information content (AvgIpc) is 2.91. The van der Waals surface area contributed by atoms with Crippen molar-refractivity contribution >= 4 is 17.5 Å². The van der Waals surface area contributed by atoms with E-state index in [2.05, 4.69) is 10.1 Å². The molecular weight excluding hydrogens is 336 g/mol. The lowest BCUT2D eigenvalue weighted by molar-refractivity contribution is -0.121. The second-order valence-corrected chi connectivity index (χ2v) is 6.08. The first kappa shape index (κ1) is 16.7. The van der Waals surface area contributed by atoms with Crippen LogP contribution in [0.4, 0.5) is 8.78 Å². The topological polar surface area (TPSA) is 38.3 Å². The van der Waals surface area contributed by atoms with E-state index in [1.807, 2.05) is 18.2 Å². The van der Waals surface area contributed by atoms with Gasteiger partial charge in [0.25, 0.3) is 0 Å². The Labute approximate surface area is 143 Å². The number of alkyl halides is 2. The molecule has 0 heterocycles. The van der Waals surface area contributed by atoms with E-state index in [9.17, 15) is 13.6 Å². The fraction of sp³-hybridized carbons (Fsp3) is 0.278. The molecular formula is C18H16ClF2NO2. The van der Waals surface area contributed by atoms with Crippen LogP contribution in [-0.2, 0) is 17.6 Å². The number of hydrogen-bond acceptors (Lipinski definition) is 2. The molecule has 2 aromatic carbocycles. The summed E-state index contributed by atoms with van der Waals surface area (Å²) in [5.74, 6) is -0.115. The molecule has 1 amide bonds. The third-order valence-corrected chi connectivity index (χ3v) is 4.39. The van der Waals surface area contributed by atoms with Crippen molar-refractivity contribution in [2.24, 2.45) is 0 Å². The van der Waals surface area contributed by atoms with Gasteiger partial charge in [-0.15, -0.1) is 0 Å². The second-order valence-electron chi connectivity index (χ2n) is 5.67. The van der Waals surface area contributed by atoms with Crippen molar-refractivity contribution in [3.05, 3.63) is 64.2 Å². The first-order chi connectivity index (χ1) is 11.5. The lowest BCUT2D eigenvalue weighted by Crippen LogP contribution is -2.28. The van der Waals surface area contributed by atoms with Crippen molar-refractivity contribution in [1.82, 2.24) is 5.32 Å². The van der Waals surface area contributed by atoms with Gasteiger partial charge in [-0.05, 0) is 47.7 Å². The van der Waals surface area contributed by atoms with Crippen molar-refractivity contribution < 1.29 is 18.3 Å². The van der Waals surface area contributed by atoms with Crippen LogP contribution in [0.5, 0.6) is 5.75 Å². The zero-order valence-electron chi connectivity index (χ0n) is 12.8. The number of halogens is 3. The Kier molecular flexibility index (Phi) is 5.00. The number of nitrogens with one attached hydrogen (secondary N) is 1. The van der Waals surface area contributed by atoms with E-state index in [1.165, 1.54) is 12.1 Å². The average molecular weight is 352 g/mol. The molecule has 0 bridgehead atoms. The van der Waals surface area contributed by atoms with Crippen LogP contribution >= 0.6 is 11.6 Å². The van der Waals surface area contributed by atoms with Crippen LogP contribution in [-0.4, -0.2) is 12.5 Å². The van der Waals surface area contributed by atoms with E-state index in [4.69, 9.17) is 11.6 Å². The summed E-state index contributed by atoms with van der Waals surface area (Å²) in [6.45, 7) is -2.88. The van der Waals surface area contributed by atoms with E-state index < -0.39 is 6.61 Å². The van der Waals surface area contributed by atoms with Gasteiger partial charge in [-0.1, -0.05) is 35.9 Å². The summed E-state index contributed by atoms with van der Waals surface area (Å²) in [6.07, 6.45) is 1.74. The highest BCUT2D eigenvalue weighted by atomic mass is 35.5. The molecule has 1 aliphatic carbocycles. The largest absolute Gasteiger partial charge is 0.435 e. The quantitative estimate of drug-likeness (QED) is 0.872. The lowest BCUT2D eigenvalue weighted by Gasteiger charge is -2.14. The standard InChI is InChI=1S/C18H16ClF2NO2/c19-15-6-2-5-14-13(15)7-8-16(14)22-17(23)10-11-3-1-4-12(9-11)24-18(20)21/h1-6,9,16,18H,7-8,10H2,(H,22,23). The molecule has 3 nitrogen and oxygen atoms in total. The van der Waals surface area contributed by atoms with Crippen molar-refractivity contribution in [1.29, 1.82) is 0 Å². The van der Waals surface area contributed by atoms with Crippen LogP contribution in [0, 0.1) is 0 Å². The van der Waals surface area contributed by atoms with Crippen LogP contribution in [0.15, 0.2) is 42.5 Å². The number of amides is 1. The monoisotopic (exact) mass is 351 g/mol. The summed E-state index contributed by atoms with van der Waals surface area (Å²) < 4.78 is 28.8. The molecule has 6 heteroatoms. The summed E-state index contributed by atoms with van der Waals surface area (Å²) in [4.78, 5) is 12.3. The zero-order valence-corrected chi connectivity index (χ0v) is 13.5. The van der Waals surface area contributed by atoms with Crippen molar-refractivity contribution in [3.8, 4) is 5.75 Å². The van der Waals surface area contributed by atoms with Gasteiger partial charge in [0.15, 0.2) is 0 Å². The molecule has 0 aliphatic heterocycles. The second kappa shape index (κ2) is 7.18. The van der Waals surface area contributed by atoms with Gasteiger partial charge < -0.3 is 10.1 Å². The maximum atomic E-state index is 12.3. The summed E-state index contributed by atoms with van der Waals surface area (Å²) in [6, 6.07) is 11.8. The number of hydrogen-bond donors (Lipinski definition) is 1. The Morgan fingerprint density at radius 3 is 2.88 bits per heavy atom. The summed E-state index contributed by atoms with van der Waals surface area (Å²) in [7, 11) is 0. The minimum absolute atomic E-state index is 0.0493. The normalized spacial score (nSPS) is 16.1. The molecule has 0 saturated carbocycles. The van der Waals surface area contributed by atoms with Crippen molar-refractivity contribution in [2.75, 3.05) is 0 Å². The maximum Gasteiger partial charge on any atom is 0.387 e. The number of carbonyl (C=O) groups excluding carboxylic acids is 1. The highest BCUT2D eigenvalue weighted by Gasteiger charge is 2.25. The molecule has 1 atom stereocenters. The lowest BCUT2D eigenvalue weighted by atomic mass is 10.1. The van der Waals surface area contributed by atoms with Gasteiger partial charge in [0.2, 0.25) is 5.91 Å². The summed E-state index contributed by atoms with van der Waals surface area (Å²) in [5.41, 5.74) is 2.75. The molecule has 3 rings (SSSR count). The minimum Gasteiger partial charge on any atom is -0.435 e. The predicted molar refractivity (Wildman–Crippen MR) is 87.4 cm³/mol. The fourth-order valence-corrected chi connectivity index (χ4v) is 3.30. The predicted octanol–water partition coefficient (Wildman–Crippen LogP) is 4.29. The molecule has 1 unspecified atom stereocenters. The Bertz CT molecular complexity index is 752. The van der Waals surface area contributed by atoms with Crippen LogP contribution in [0.25, 0.3) is 0 Å². The van der Waals surface area contributed by atoms with Gasteiger partial charge in [0, 0.05) is 5.02 Å². The molecule has 0 aromatic heterocycles. The van der Waals surface area contributed by atoms with Gasteiger partial charge in [-0.3, -0.25) is 4.79 Å². The Morgan fingerprint density at radius 2 is 2.08 bits per heavy atom. The first-order valence-corrected chi connectivity index (χ1v) is 8.01. The number of ether oxygens (including phenoxy) is 1. The first-order valence-electron chi connectivity index (χ1n) is 7.63. The zero-order chi connectivity index (χ0) is 17.1. The highest BCUT2D eigenvalue weighted by molar-refractivity contribution is 6.31. The molecule has 2 aromatic rings. The Morgan fingerprint density at radius 1 is 1.29 bits per heavy atom. The van der Waals surface area contributed by atoms with Crippen LogP contribution in [0.1, 0.15) is 29.2 Å². The number of fused-ring (bicyclic) bond motifs is 1. The van der Waals surface area contributed by atoms with Gasteiger partial charge in [-0.2, -0.15) is 8.78 Å². The molecule has 126 valence electrons. The minimum atomic E-state index is -2.88. The molecule has 0 saturated heterocycles. The third-order valence-electron chi connectivity index (χ3n) is 4.04. The van der Waals surface area contributed by atoms with Crippen molar-refractivity contribution in [3.63, 3.8) is 0 Å². The van der Waals surface area contributed by atoms with E-state index in [0.717, 1.165) is 29.0 Å². The fourth-order valence-electron chi connectivity index (χ4n) is 3.02. The van der Waals surface area contributed by atoms with Crippen LogP contribution in [0.3, 0.4) is 0 Å². The van der Waals surface area contributed by atoms with Crippen LogP contribution in [0.2, 0.25) is 5.02 Å². The maximum absolute atomic E-state index is 12.3. The smallest absolute Gasteiger partial charge is 0.387 e. The van der Waals surface area contributed by atoms with Crippen LogP contribution < -0.4 is 10.1 Å². The number of carbonyl (C=O) groups is 1. The molecule has 0 radical (unpaired) electrons. The molecule has 24 heavy (non-hydrogen) atoms. The van der Waals surface area contributed by atoms with E-state index >= 15 is 0 Å². The molecule has 1 N–H and O–H groups in total. The van der Waals surface area contributed by atoms with E-state index in [-0.39, 0.29) is 24.1 Å². The number of rotatable bonds is 5. The Hall–Kier alpha value is -2.14. The van der Waals surface area contributed by atoms with Crippen molar-refractivity contribution in [2.45, 2.75) is 31.9 Å². The van der Waals surface area contributed by atoms with E-state index in [1.54, 1.807) is 12.1 Å². The number of benzene rings is 2. The third kappa shape index (κ3) is 3.85. The highest BCUT2D eigenvalue weighted by Crippen LogP contribution is 2.35. The van der Waals surface area contributed by atoms with E-state index in [0.29, 0.717) is 5.56 Å². The SMILES string of the molecule is O=C(Cc1cccc(OC(F)F)c1)NC1CCc2c(Cl)cccc21. The molecule has 0 spiro atoms. The van der Waals surface area contributed by atoms with Gasteiger partial charge in [0.1, 0.15) is 5.75 Å². The molecule has 0 fully saturated rings. The van der Waals surface area contributed by atoms with Gasteiger partial charge in [0.05, 0.1) is 12.5 Å². The summed E-state index contributed by atoms with van der Waals surface area (Å²) in [5, 5.41) is 3.71. The Balaban J connectivity index is 1.64. The summed E-state index contributed by atoms with van der Waals surface area (Å²) >= 11 is 6.17. The van der Waals surface area contributed by atoms with Gasteiger partial charge >= 0.3 is 6.61 Å².